The monoisotopic (exact) mass is 257 g/mol. The highest BCUT2D eigenvalue weighted by Crippen LogP contribution is 2.17. The van der Waals surface area contributed by atoms with E-state index in [4.69, 9.17) is 16.0 Å². The number of hydrogen-bond acceptors (Lipinski definition) is 5. The Bertz CT molecular complexity index is 483. The first-order chi connectivity index (χ1) is 7.66. The largest absolute Gasteiger partial charge is 0.467 e. The van der Waals surface area contributed by atoms with Crippen LogP contribution < -0.4 is 5.32 Å². The Kier molecular flexibility index (Phi) is 3.21. The smallest absolute Gasteiger partial charge is 0.282 e. The van der Waals surface area contributed by atoms with Crippen molar-refractivity contribution in [3.63, 3.8) is 0 Å². The van der Waals surface area contributed by atoms with Crippen molar-refractivity contribution in [2.45, 2.75) is 13.0 Å². The number of hydrogen-bond donors (Lipinski definition) is 1. The molecule has 0 radical (unpaired) electrons. The van der Waals surface area contributed by atoms with Crippen molar-refractivity contribution in [1.82, 2.24) is 15.5 Å². The van der Waals surface area contributed by atoms with E-state index in [2.05, 4.69) is 15.5 Å². The van der Waals surface area contributed by atoms with E-state index in [0.717, 1.165) is 11.3 Å². The molecule has 1 amide bonds. The molecule has 2 aromatic heterocycles. The Balaban J connectivity index is 2.03. The third-order valence-corrected chi connectivity index (χ3v) is 2.93. The number of nitrogens with zero attached hydrogens (tertiary/aromatic N) is 2. The lowest BCUT2D eigenvalue weighted by atomic mass is 10.2. The van der Waals surface area contributed by atoms with Crippen LogP contribution in [-0.2, 0) is 0 Å². The molecule has 0 aliphatic carbocycles. The summed E-state index contributed by atoms with van der Waals surface area (Å²) in [7, 11) is 0. The van der Waals surface area contributed by atoms with Gasteiger partial charge in [0.15, 0.2) is 0 Å². The van der Waals surface area contributed by atoms with E-state index in [9.17, 15) is 4.79 Å². The molecule has 7 heteroatoms. The average Bonchev–Trinajstić information content (AvgIpc) is 2.87. The van der Waals surface area contributed by atoms with Crippen LogP contribution in [0.2, 0.25) is 4.47 Å². The number of halogens is 1. The zero-order valence-corrected chi connectivity index (χ0v) is 9.88. The van der Waals surface area contributed by atoms with E-state index in [1.165, 1.54) is 0 Å². The second-order valence-corrected chi connectivity index (χ2v) is 4.63. The minimum absolute atomic E-state index is 0.217. The number of amides is 1. The third kappa shape index (κ3) is 2.40. The summed E-state index contributed by atoms with van der Waals surface area (Å²) in [5, 5.41) is 10.2. The normalized spacial score (nSPS) is 12.4. The first kappa shape index (κ1) is 11.1. The van der Waals surface area contributed by atoms with Gasteiger partial charge in [-0.1, -0.05) is 11.3 Å². The van der Waals surface area contributed by atoms with Gasteiger partial charge in [0.2, 0.25) is 9.47 Å². The van der Waals surface area contributed by atoms with Gasteiger partial charge in [-0.25, -0.2) is 0 Å². The summed E-state index contributed by atoms with van der Waals surface area (Å²) in [6, 6.07) is 3.34. The maximum Gasteiger partial charge on any atom is 0.282 e. The summed E-state index contributed by atoms with van der Waals surface area (Å²) < 4.78 is 5.41. The standard InChI is InChI=1S/C9H8ClN3O2S/c1-5(6-3-2-4-15-6)11-7(14)8-12-13-9(10)16-8/h2-5H,1H3,(H,11,14). The second-order valence-electron chi connectivity index (χ2n) is 3.07. The van der Waals surface area contributed by atoms with Crippen molar-refractivity contribution in [1.29, 1.82) is 0 Å². The van der Waals surface area contributed by atoms with Gasteiger partial charge in [0, 0.05) is 0 Å². The van der Waals surface area contributed by atoms with Crippen molar-refractivity contribution < 1.29 is 9.21 Å². The maximum absolute atomic E-state index is 11.7. The molecule has 0 aliphatic heterocycles. The fraction of sp³-hybridized carbons (Fsp3) is 0.222. The average molecular weight is 258 g/mol. The molecule has 0 bridgehead atoms. The highest BCUT2D eigenvalue weighted by Gasteiger charge is 2.16. The number of carbonyl (C=O) groups excluding carboxylic acids is 1. The van der Waals surface area contributed by atoms with Gasteiger partial charge in [-0.3, -0.25) is 4.79 Å². The highest BCUT2D eigenvalue weighted by molar-refractivity contribution is 7.17. The Morgan fingerprint density at radius 3 is 3.00 bits per heavy atom. The molecule has 0 aromatic carbocycles. The molecule has 0 spiro atoms. The quantitative estimate of drug-likeness (QED) is 0.916. The van der Waals surface area contributed by atoms with Gasteiger partial charge in [-0.15, -0.1) is 10.2 Å². The van der Waals surface area contributed by atoms with E-state index in [0.29, 0.717) is 5.76 Å². The van der Waals surface area contributed by atoms with Crippen molar-refractivity contribution in [3.05, 3.63) is 33.6 Å². The van der Waals surface area contributed by atoms with Gasteiger partial charge in [-0.05, 0) is 30.7 Å². The third-order valence-electron chi connectivity index (χ3n) is 1.91. The predicted octanol–water partition coefficient (Wildman–Crippen LogP) is 2.28. The fourth-order valence-electron chi connectivity index (χ4n) is 1.16. The first-order valence-electron chi connectivity index (χ1n) is 4.50. The highest BCUT2D eigenvalue weighted by atomic mass is 35.5. The van der Waals surface area contributed by atoms with Gasteiger partial charge >= 0.3 is 0 Å². The molecule has 2 rings (SSSR count). The summed E-state index contributed by atoms with van der Waals surface area (Å²) in [6.45, 7) is 1.82. The van der Waals surface area contributed by atoms with Gasteiger partial charge < -0.3 is 9.73 Å². The predicted molar refractivity (Wildman–Crippen MR) is 59.5 cm³/mol. The van der Waals surface area contributed by atoms with Crippen LogP contribution >= 0.6 is 22.9 Å². The molecule has 0 fully saturated rings. The van der Waals surface area contributed by atoms with Crippen LogP contribution in [0.1, 0.15) is 28.5 Å². The number of rotatable bonds is 3. The Morgan fingerprint density at radius 2 is 2.44 bits per heavy atom. The summed E-state index contributed by atoms with van der Waals surface area (Å²) in [5.74, 6) is 0.372. The second kappa shape index (κ2) is 4.63. The molecule has 84 valence electrons. The van der Waals surface area contributed by atoms with Crippen LogP contribution in [0.15, 0.2) is 22.8 Å². The Labute approximate surface area is 100 Å². The minimum Gasteiger partial charge on any atom is -0.467 e. The van der Waals surface area contributed by atoms with Gasteiger partial charge in [0.25, 0.3) is 5.91 Å². The topological polar surface area (TPSA) is 68.0 Å². The minimum atomic E-state index is -0.312. The Morgan fingerprint density at radius 1 is 1.62 bits per heavy atom. The van der Waals surface area contributed by atoms with Crippen LogP contribution in [0, 0.1) is 0 Å². The lowest BCUT2D eigenvalue weighted by Gasteiger charge is -2.09. The molecule has 5 nitrogen and oxygen atoms in total. The Hall–Kier alpha value is -1.40. The van der Waals surface area contributed by atoms with E-state index >= 15 is 0 Å². The van der Waals surface area contributed by atoms with Crippen molar-refractivity contribution >= 4 is 28.8 Å². The van der Waals surface area contributed by atoms with E-state index in [1.54, 1.807) is 18.4 Å². The van der Waals surface area contributed by atoms with E-state index < -0.39 is 0 Å². The molecule has 2 heterocycles. The van der Waals surface area contributed by atoms with Crippen LogP contribution in [-0.4, -0.2) is 16.1 Å². The first-order valence-corrected chi connectivity index (χ1v) is 5.69. The molecule has 16 heavy (non-hydrogen) atoms. The molecular formula is C9H8ClN3O2S. The van der Waals surface area contributed by atoms with E-state index in [1.807, 2.05) is 6.92 Å². The zero-order chi connectivity index (χ0) is 11.5. The van der Waals surface area contributed by atoms with Gasteiger partial charge in [-0.2, -0.15) is 0 Å². The number of carbonyl (C=O) groups is 1. The van der Waals surface area contributed by atoms with Crippen LogP contribution in [0.3, 0.4) is 0 Å². The fourth-order valence-corrected chi connectivity index (χ4v) is 1.90. The molecule has 0 saturated carbocycles. The molecule has 0 aliphatic rings. The lowest BCUT2D eigenvalue weighted by molar-refractivity contribution is 0.0934. The number of furan rings is 1. The molecule has 2 aromatic rings. The number of aromatic nitrogens is 2. The molecule has 1 unspecified atom stereocenters. The lowest BCUT2D eigenvalue weighted by Crippen LogP contribution is -2.26. The van der Waals surface area contributed by atoms with Crippen molar-refractivity contribution in [2.75, 3.05) is 0 Å². The van der Waals surface area contributed by atoms with E-state index in [-0.39, 0.29) is 21.4 Å². The summed E-state index contributed by atoms with van der Waals surface area (Å²) in [6.07, 6.45) is 1.56. The van der Waals surface area contributed by atoms with Crippen LogP contribution in [0.4, 0.5) is 0 Å². The number of nitrogens with one attached hydrogen (secondary N) is 1. The van der Waals surface area contributed by atoms with Gasteiger partial charge in [0.1, 0.15) is 5.76 Å². The summed E-state index contributed by atoms with van der Waals surface area (Å²) in [5.41, 5.74) is 0. The summed E-state index contributed by atoms with van der Waals surface area (Å²) >= 11 is 6.62. The van der Waals surface area contributed by atoms with Crippen LogP contribution in [0.5, 0.6) is 0 Å². The molecule has 1 atom stereocenters. The van der Waals surface area contributed by atoms with Crippen molar-refractivity contribution in [3.8, 4) is 0 Å². The van der Waals surface area contributed by atoms with Crippen molar-refractivity contribution in [2.24, 2.45) is 0 Å². The SMILES string of the molecule is CC(NC(=O)c1nnc(Cl)s1)c1ccco1. The van der Waals surface area contributed by atoms with Gasteiger partial charge in [0.05, 0.1) is 12.3 Å². The van der Waals surface area contributed by atoms with Crippen LogP contribution in [0.25, 0.3) is 0 Å². The zero-order valence-electron chi connectivity index (χ0n) is 8.31. The molecule has 1 N–H and O–H groups in total. The molecule has 0 saturated heterocycles. The molecular weight excluding hydrogens is 250 g/mol. The maximum atomic E-state index is 11.7. The summed E-state index contributed by atoms with van der Waals surface area (Å²) in [4.78, 5) is 11.7.